The van der Waals surface area contributed by atoms with E-state index in [0.29, 0.717) is 22.8 Å². The van der Waals surface area contributed by atoms with Gasteiger partial charge >= 0.3 is 0 Å². The molecule has 2 aromatic heterocycles. The monoisotopic (exact) mass is 540 g/mol. The first-order valence-corrected chi connectivity index (χ1v) is 14.3. The van der Waals surface area contributed by atoms with Crippen molar-refractivity contribution in [3.8, 4) is 11.3 Å². The number of hydrogen-bond donors (Lipinski definition) is 2. The quantitative estimate of drug-likeness (QED) is 0.301. The molecule has 0 radical (unpaired) electrons. The SMILES string of the molecule is C=C(C)C(=O)Nc1ccc(-c2c(C3=CC[C@@H](C)CC3)c3c(N)ncnc3n2C)cc1.O=CN1CCCC12CCC2. The molecule has 0 unspecified atom stereocenters. The third kappa shape index (κ3) is 5.15. The van der Waals surface area contributed by atoms with E-state index < -0.39 is 0 Å². The second-order valence-electron chi connectivity index (χ2n) is 11.6. The first kappa shape index (κ1) is 27.6. The first-order valence-electron chi connectivity index (χ1n) is 14.3. The van der Waals surface area contributed by atoms with E-state index in [1.165, 1.54) is 44.0 Å². The average molecular weight is 541 g/mol. The Balaban J connectivity index is 0.000000269. The Bertz CT molecular complexity index is 1460. The molecule has 40 heavy (non-hydrogen) atoms. The van der Waals surface area contributed by atoms with Crippen molar-refractivity contribution in [3.05, 3.63) is 54.4 Å². The zero-order valence-corrected chi connectivity index (χ0v) is 23.9. The lowest BCUT2D eigenvalue weighted by Crippen LogP contribution is -2.48. The smallest absolute Gasteiger partial charge is 0.250 e. The van der Waals surface area contributed by atoms with Gasteiger partial charge in [-0.1, -0.05) is 31.7 Å². The summed E-state index contributed by atoms with van der Waals surface area (Å²) in [4.78, 5) is 33.2. The number of anilines is 2. The highest BCUT2D eigenvalue weighted by atomic mass is 16.1. The first-order chi connectivity index (χ1) is 19.2. The molecule has 1 saturated carbocycles. The number of carbonyl (C=O) groups excluding carboxylic acids is 2. The minimum Gasteiger partial charge on any atom is -0.383 e. The van der Waals surface area contributed by atoms with Crippen LogP contribution in [-0.4, -0.2) is 43.8 Å². The Labute approximate surface area is 236 Å². The van der Waals surface area contributed by atoms with Crippen molar-refractivity contribution in [1.29, 1.82) is 0 Å². The van der Waals surface area contributed by atoms with Crippen LogP contribution in [-0.2, 0) is 16.6 Å². The van der Waals surface area contributed by atoms with Crippen molar-refractivity contribution in [1.82, 2.24) is 19.4 Å². The maximum atomic E-state index is 11.9. The number of nitrogens with one attached hydrogen (secondary N) is 1. The van der Waals surface area contributed by atoms with E-state index in [2.05, 4.69) is 39.4 Å². The van der Waals surface area contributed by atoms with Crippen molar-refractivity contribution < 1.29 is 9.59 Å². The molecule has 1 aliphatic heterocycles. The number of hydrogen-bond acceptors (Lipinski definition) is 5. The summed E-state index contributed by atoms with van der Waals surface area (Å²) in [5, 5.41) is 3.77. The molecular formula is C32H40N6O2. The molecule has 3 aliphatic rings. The van der Waals surface area contributed by atoms with Gasteiger partial charge in [0.25, 0.3) is 5.91 Å². The Kier molecular flexibility index (Phi) is 7.79. The third-order valence-corrected chi connectivity index (χ3v) is 8.86. The third-order valence-electron chi connectivity index (χ3n) is 8.86. The standard InChI is InChI=1S/C24H27N5O.C8H13NO/c1-14(2)24(30)28-18-11-9-17(10-12-18)21-19(16-7-5-15(3)6-8-16)20-22(25)26-13-27-23(20)29(21)4;10-7-9-6-2-5-8(9)3-1-4-8/h7,9-13,15H,1,5-6,8H2,2-4H3,(H,28,30)(H2,25,26,27);7H,1-6H2/t15-;/m1./s1. The number of nitrogens with two attached hydrogens (primary N) is 1. The lowest BCUT2D eigenvalue weighted by atomic mass is 9.75. The normalized spacial score (nSPS) is 19.4. The fourth-order valence-corrected chi connectivity index (χ4v) is 6.31. The topological polar surface area (TPSA) is 106 Å². The van der Waals surface area contributed by atoms with Gasteiger partial charge in [-0.2, -0.15) is 0 Å². The van der Waals surface area contributed by atoms with Crippen LogP contribution in [0, 0.1) is 5.92 Å². The van der Waals surface area contributed by atoms with Crippen LogP contribution in [0.5, 0.6) is 0 Å². The molecule has 1 atom stereocenters. The Morgan fingerprint density at radius 3 is 2.48 bits per heavy atom. The zero-order valence-electron chi connectivity index (χ0n) is 23.9. The largest absolute Gasteiger partial charge is 0.383 e. The van der Waals surface area contributed by atoms with Gasteiger partial charge in [-0.3, -0.25) is 9.59 Å². The van der Waals surface area contributed by atoms with Crippen molar-refractivity contribution >= 4 is 40.4 Å². The number of amides is 2. The van der Waals surface area contributed by atoms with Gasteiger partial charge in [0.05, 0.1) is 11.1 Å². The molecule has 2 amide bonds. The molecular weight excluding hydrogens is 500 g/mol. The van der Waals surface area contributed by atoms with E-state index in [1.54, 1.807) is 6.92 Å². The summed E-state index contributed by atoms with van der Waals surface area (Å²) in [6.45, 7) is 8.66. The fraction of sp³-hybridized carbons (Fsp3) is 0.438. The van der Waals surface area contributed by atoms with Gasteiger partial charge in [-0.15, -0.1) is 0 Å². The number of nitrogen functional groups attached to an aromatic ring is 1. The summed E-state index contributed by atoms with van der Waals surface area (Å²) in [7, 11) is 2.01. The van der Waals surface area contributed by atoms with Crippen LogP contribution < -0.4 is 11.1 Å². The van der Waals surface area contributed by atoms with Crippen LogP contribution in [0.4, 0.5) is 11.5 Å². The Morgan fingerprint density at radius 2 is 1.90 bits per heavy atom. The molecule has 3 heterocycles. The summed E-state index contributed by atoms with van der Waals surface area (Å²) >= 11 is 0. The van der Waals surface area contributed by atoms with Gasteiger partial charge in [0.1, 0.15) is 17.8 Å². The van der Waals surface area contributed by atoms with Crippen molar-refractivity contribution in [2.75, 3.05) is 17.6 Å². The molecule has 2 fully saturated rings. The maximum Gasteiger partial charge on any atom is 0.250 e. The maximum absolute atomic E-state index is 11.9. The number of aromatic nitrogens is 3. The molecule has 1 spiro atoms. The predicted octanol–water partition coefficient (Wildman–Crippen LogP) is 6.10. The number of rotatable bonds is 5. The van der Waals surface area contributed by atoms with E-state index in [4.69, 9.17) is 5.73 Å². The molecule has 3 N–H and O–H groups in total. The van der Waals surface area contributed by atoms with E-state index in [1.807, 2.05) is 36.2 Å². The predicted molar refractivity (Wildman–Crippen MR) is 161 cm³/mol. The molecule has 8 nitrogen and oxygen atoms in total. The van der Waals surface area contributed by atoms with Crippen molar-refractivity contribution in [2.45, 2.75) is 70.8 Å². The van der Waals surface area contributed by atoms with Gasteiger partial charge in [-0.05, 0) is 87.5 Å². The average Bonchev–Trinajstić information content (AvgIpc) is 3.50. The molecule has 210 valence electrons. The van der Waals surface area contributed by atoms with Gasteiger partial charge < -0.3 is 20.5 Å². The highest BCUT2D eigenvalue weighted by molar-refractivity contribution is 6.05. The Morgan fingerprint density at radius 1 is 1.18 bits per heavy atom. The summed E-state index contributed by atoms with van der Waals surface area (Å²) in [5.74, 6) is 1.01. The van der Waals surface area contributed by atoms with Gasteiger partial charge in [0, 0.05) is 36.0 Å². The van der Waals surface area contributed by atoms with E-state index >= 15 is 0 Å². The van der Waals surface area contributed by atoms with E-state index in [-0.39, 0.29) is 5.91 Å². The summed E-state index contributed by atoms with van der Waals surface area (Å²) in [6.07, 6.45) is 14.4. The second-order valence-corrected chi connectivity index (χ2v) is 11.6. The number of fused-ring (bicyclic) bond motifs is 1. The van der Waals surface area contributed by atoms with E-state index in [9.17, 15) is 9.59 Å². The lowest BCUT2D eigenvalue weighted by molar-refractivity contribution is -0.124. The van der Waals surface area contributed by atoms with Crippen LogP contribution in [0.15, 0.2) is 48.8 Å². The van der Waals surface area contributed by atoms with Crippen molar-refractivity contribution in [3.63, 3.8) is 0 Å². The summed E-state index contributed by atoms with van der Waals surface area (Å²) in [5.41, 5.74) is 13.2. The molecule has 6 rings (SSSR count). The number of allylic oxidation sites excluding steroid dienone is 2. The zero-order chi connectivity index (χ0) is 28.4. The molecule has 2 aliphatic carbocycles. The number of nitrogens with zero attached hydrogens (tertiary/aromatic N) is 4. The van der Waals surface area contributed by atoms with Crippen molar-refractivity contribution in [2.24, 2.45) is 13.0 Å². The van der Waals surface area contributed by atoms with Crippen LogP contribution in [0.1, 0.15) is 70.8 Å². The summed E-state index contributed by atoms with van der Waals surface area (Å²) in [6, 6.07) is 7.84. The molecule has 3 aromatic rings. The fourth-order valence-electron chi connectivity index (χ4n) is 6.31. The number of likely N-dealkylation sites (tertiary alicyclic amines) is 1. The highest BCUT2D eigenvalue weighted by Crippen LogP contribution is 2.45. The van der Waals surface area contributed by atoms with Crippen LogP contribution in [0.2, 0.25) is 0 Å². The second kappa shape index (κ2) is 11.3. The molecule has 8 heteroatoms. The van der Waals surface area contributed by atoms with Gasteiger partial charge in [0.2, 0.25) is 6.41 Å². The summed E-state index contributed by atoms with van der Waals surface area (Å²) < 4.78 is 2.09. The molecule has 0 bridgehead atoms. The minimum absolute atomic E-state index is 0.183. The Hall–Kier alpha value is -3.94. The molecule has 1 aromatic carbocycles. The minimum atomic E-state index is -0.183. The van der Waals surface area contributed by atoms with Crippen LogP contribution in [0.3, 0.4) is 0 Å². The number of aryl methyl sites for hydroxylation is 1. The van der Waals surface area contributed by atoms with Crippen LogP contribution >= 0.6 is 0 Å². The number of carbonyl (C=O) groups is 2. The van der Waals surface area contributed by atoms with Gasteiger partial charge in [0.15, 0.2) is 0 Å². The van der Waals surface area contributed by atoms with Gasteiger partial charge in [-0.25, -0.2) is 9.97 Å². The van der Waals surface area contributed by atoms with Crippen LogP contribution in [0.25, 0.3) is 27.9 Å². The number of benzene rings is 1. The molecule has 1 saturated heterocycles. The van der Waals surface area contributed by atoms with E-state index in [0.717, 1.165) is 65.8 Å². The highest BCUT2D eigenvalue weighted by Gasteiger charge is 2.44. The lowest BCUT2D eigenvalue weighted by Gasteiger charge is -2.44.